The topological polar surface area (TPSA) is 75.6 Å². The van der Waals surface area contributed by atoms with Gasteiger partial charge in [-0.25, -0.2) is 0 Å². The Balaban J connectivity index is 2.30. The Morgan fingerprint density at radius 2 is 1.85 bits per heavy atom. The van der Waals surface area contributed by atoms with Crippen molar-refractivity contribution in [2.45, 2.75) is 45.8 Å². The van der Waals surface area contributed by atoms with Crippen LogP contribution < -0.4 is 10.1 Å². The van der Waals surface area contributed by atoms with Crippen molar-refractivity contribution in [3.8, 4) is 5.75 Å². The van der Waals surface area contributed by atoms with E-state index in [0.29, 0.717) is 13.0 Å². The molecule has 0 atom stereocenters. The van der Waals surface area contributed by atoms with Crippen LogP contribution in [0, 0.1) is 0 Å². The average Bonchev–Trinajstić information content (AvgIpc) is 2.37. The number of hydrogen-bond donors (Lipinski definition) is 2. The van der Waals surface area contributed by atoms with Crippen LogP contribution in [-0.2, 0) is 16.1 Å². The van der Waals surface area contributed by atoms with Crippen molar-refractivity contribution in [1.29, 1.82) is 0 Å². The molecule has 0 unspecified atom stereocenters. The van der Waals surface area contributed by atoms with Gasteiger partial charge < -0.3 is 15.2 Å². The molecule has 0 saturated heterocycles. The molecule has 20 heavy (non-hydrogen) atoms. The SMILES string of the molecule is CC(C)Oc1ccc(CNC(=O)CCCC(=O)O)cc1. The molecule has 0 heterocycles. The molecule has 0 aliphatic rings. The first-order chi connectivity index (χ1) is 9.47. The van der Waals surface area contributed by atoms with Gasteiger partial charge in [-0.2, -0.15) is 0 Å². The molecule has 0 aromatic heterocycles. The Bertz CT molecular complexity index is 440. The second-order valence-corrected chi connectivity index (χ2v) is 4.83. The van der Waals surface area contributed by atoms with Gasteiger partial charge in [0, 0.05) is 19.4 Å². The number of carboxylic acids is 1. The van der Waals surface area contributed by atoms with Gasteiger partial charge in [0.2, 0.25) is 5.91 Å². The maximum atomic E-state index is 11.5. The average molecular weight is 279 g/mol. The third kappa shape index (κ3) is 6.78. The van der Waals surface area contributed by atoms with E-state index in [1.54, 1.807) is 0 Å². The minimum absolute atomic E-state index is 0.0225. The van der Waals surface area contributed by atoms with Gasteiger partial charge in [-0.3, -0.25) is 9.59 Å². The fourth-order valence-electron chi connectivity index (χ4n) is 1.65. The van der Waals surface area contributed by atoms with Gasteiger partial charge in [0.1, 0.15) is 5.75 Å². The summed E-state index contributed by atoms with van der Waals surface area (Å²) in [6, 6.07) is 7.53. The maximum absolute atomic E-state index is 11.5. The molecule has 0 spiro atoms. The van der Waals surface area contributed by atoms with E-state index in [9.17, 15) is 9.59 Å². The van der Waals surface area contributed by atoms with E-state index >= 15 is 0 Å². The smallest absolute Gasteiger partial charge is 0.303 e. The van der Waals surface area contributed by atoms with E-state index in [2.05, 4.69) is 5.32 Å². The fourth-order valence-corrected chi connectivity index (χ4v) is 1.65. The molecule has 1 aromatic carbocycles. The molecule has 5 heteroatoms. The van der Waals surface area contributed by atoms with E-state index in [1.807, 2.05) is 38.1 Å². The zero-order valence-electron chi connectivity index (χ0n) is 11.9. The second kappa shape index (κ2) is 8.19. The zero-order chi connectivity index (χ0) is 15.0. The minimum Gasteiger partial charge on any atom is -0.491 e. The number of ether oxygens (including phenoxy) is 1. The molecule has 0 bridgehead atoms. The molecule has 0 fully saturated rings. The van der Waals surface area contributed by atoms with Gasteiger partial charge in [-0.1, -0.05) is 12.1 Å². The molecular formula is C15H21NO4. The van der Waals surface area contributed by atoms with Gasteiger partial charge in [-0.15, -0.1) is 0 Å². The van der Waals surface area contributed by atoms with Crippen molar-refractivity contribution >= 4 is 11.9 Å². The Morgan fingerprint density at radius 3 is 2.40 bits per heavy atom. The van der Waals surface area contributed by atoms with Gasteiger partial charge in [0.15, 0.2) is 0 Å². The summed E-state index contributed by atoms with van der Waals surface area (Å²) in [4.78, 5) is 21.8. The molecule has 1 aromatic rings. The van der Waals surface area contributed by atoms with E-state index in [-0.39, 0.29) is 24.9 Å². The molecule has 1 amide bonds. The molecular weight excluding hydrogens is 258 g/mol. The third-order valence-electron chi connectivity index (χ3n) is 2.58. The number of carboxylic acid groups (broad SMARTS) is 1. The van der Waals surface area contributed by atoms with Crippen LogP contribution >= 0.6 is 0 Å². The molecule has 110 valence electrons. The third-order valence-corrected chi connectivity index (χ3v) is 2.58. The number of rotatable bonds is 8. The molecule has 0 aliphatic heterocycles. The van der Waals surface area contributed by atoms with Crippen LogP contribution in [0.2, 0.25) is 0 Å². The summed E-state index contributed by atoms with van der Waals surface area (Å²) in [6.07, 6.45) is 0.757. The standard InChI is InChI=1S/C15H21NO4/c1-11(2)20-13-8-6-12(7-9-13)10-16-14(17)4-3-5-15(18)19/h6-9,11H,3-5,10H2,1-2H3,(H,16,17)(H,18,19). The summed E-state index contributed by atoms with van der Waals surface area (Å²) in [5.74, 6) is -0.205. The van der Waals surface area contributed by atoms with E-state index in [1.165, 1.54) is 0 Å². The highest BCUT2D eigenvalue weighted by Crippen LogP contribution is 2.13. The van der Waals surface area contributed by atoms with Crippen molar-refractivity contribution < 1.29 is 19.4 Å². The first-order valence-corrected chi connectivity index (χ1v) is 6.71. The Kier molecular flexibility index (Phi) is 6.56. The monoisotopic (exact) mass is 279 g/mol. The largest absolute Gasteiger partial charge is 0.491 e. The fraction of sp³-hybridized carbons (Fsp3) is 0.467. The number of aliphatic carboxylic acids is 1. The van der Waals surface area contributed by atoms with Gasteiger partial charge in [-0.05, 0) is 38.0 Å². The highest BCUT2D eigenvalue weighted by Gasteiger charge is 2.04. The lowest BCUT2D eigenvalue weighted by molar-refractivity contribution is -0.137. The molecule has 5 nitrogen and oxygen atoms in total. The van der Waals surface area contributed by atoms with Crippen molar-refractivity contribution in [2.75, 3.05) is 0 Å². The van der Waals surface area contributed by atoms with Crippen LogP contribution in [-0.4, -0.2) is 23.1 Å². The summed E-state index contributed by atoms with van der Waals surface area (Å²) >= 11 is 0. The molecule has 0 radical (unpaired) electrons. The lowest BCUT2D eigenvalue weighted by Crippen LogP contribution is -2.22. The van der Waals surface area contributed by atoms with Crippen LogP contribution in [0.15, 0.2) is 24.3 Å². The number of nitrogens with one attached hydrogen (secondary N) is 1. The Morgan fingerprint density at radius 1 is 1.20 bits per heavy atom. The lowest BCUT2D eigenvalue weighted by atomic mass is 10.2. The molecule has 2 N–H and O–H groups in total. The first kappa shape index (κ1) is 16.0. The van der Waals surface area contributed by atoms with Crippen LogP contribution in [0.5, 0.6) is 5.75 Å². The quantitative estimate of drug-likeness (QED) is 0.766. The Labute approximate surface area is 118 Å². The molecule has 1 rings (SSSR count). The molecule has 0 saturated carbocycles. The number of amides is 1. The van der Waals surface area contributed by atoms with Gasteiger partial charge in [0.25, 0.3) is 0 Å². The summed E-state index contributed by atoms with van der Waals surface area (Å²) in [6.45, 7) is 4.37. The summed E-state index contributed by atoms with van der Waals surface area (Å²) < 4.78 is 5.53. The number of carbonyl (C=O) groups is 2. The van der Waals surface area contributed by atoms with Crippen molar-refractivity contribution in [2.24, 2.45) is 0 Å². The predicted octanol–water partition coefficient (Wildman–Crippen LogP) is 2.34. The summed E-state index contributed by atoms with van der Waals surface area (Å²) in [5, 5.41) is 11.2. The normalized spacial score (nSPS) is 10.3. The first-order valence-electron chi connectivity index (χ1n) is 6.71. The lowest BCUT2D eigenvalue weighted by Gasteiger charge is -2.10. The van der Waals surface area contributed by atoms with Crippen molar-refractivity contribution in [3.05, 3.63) is 29.8 Å². The number of carbonyl (C=O) groups excluding carboxylic acids is 1. The Hall–Kier alpha value is -2.04. The number of hydrogen-bond acceptors (Lipinski definition) is 3. The minimum atomic E-state index is -0.876. The zero-order valence-corrected chi connectivity index (χ0v) is 11.9. The molecule has 0 aliphatic carbocycles. The summed E-state index contributed by atoms with van der Waals surface area (Å²) in [7, 11) is 0. The second-order valence-electron chi connectivity index (χ2n) is 4.83. The van der Waals surface area contributed by atoms with Gasteiger partial charge in [0.05, 0.1) is 6.10 Å². The number of benzene rings is 1. The highest BCUT2D eigenvalue weighted by atomic mass is 16.5. The van der Waals surface area contributed by atoms with E-state index < -0.39 is 5.97 Å². The maximum Gasteiger partial charge on any atom is 0.303 e. The summed E-state index contributed by atoms with van der Waals surface area (Å²) in [5.41, 5.74) is 0.979. The van der Waals surface area contributed by atoms with Crippen LogP contribution in [0.4, 0.5) is 0 Å². The van der Waals surface area contributed by atoms with E-state index in [0.717, 1.165) is 11.3 Å². The van der Waals surface area contributed by atoms with E-state index in [4.69, 9.17) is 9.84 Å². The van der Waals surface area contributed by atoms with Crippen molar-refractivity contribution in [1.82, 2.24) is 5.32 Å². The van der Waals surface area contributed by atoms with Gasteiger partial charge >= 0.3 is 5.97 Å². The predicted molar refractivity (Wildman–Crippen MR) is 75.5 cm³/mol. The van der Waals surface area contributed by atoms with Crippen molar-refractivity contribution in [3.63, 3.8) is 0 Å². The van der Waals surface area contributed by atoms with Crippen LogP contribution in [0.1, 0.15) is 38.7 Å². The van der Waals surface area contributed by atoms with Crippen LogP contribution in [0.3, 0.4) is 0 Å². The highest BCUT2D eigenvalue weighted by molar-refractivity contribution is 5.76. The van der Waals surface area contributed by atoms with Crippen LogP contribution in [0.25, 0.3) is 0 Å².